The normalized spacial score (nSPS) is 13.3. The zero-order valence-corrected chi connectivity index (χ0v) is 17.7. The molecule has 5 rings (SSSR count). The van der Waals surface area contributed by atoms with Crippen LogP contribution in [0, 0.1) is 0 Å². The molecule has 0 spiro atoms. The quantitative estimate of drug-likeness (QED) is 0.368. The number of hydrogen-bond donors (Lipinski definition) is 0. The molecule has 154 valence electrons. The molecule has 30 heavy (non-hydrogen) atoms. The van der Waals surface area contributed by atoms with Crippen LogP contribution in [0.25, 0.3) is 10.8 Å². The third kappa shape index (κ3) is 4.33. The second kappa shape index (κ2) is 8.88. The topological polar surface area (TPSA) is 53.1 Å². The highest BCUT2D eigenvalue weighted by molar-refractivity contribution is 7.13. The number of thiophene rings is 1. The van der Waals surface area contributed by atoms with Crippen molar-refractivity contribution in [2.75, 3.05) is 0 Å². The van der Waals surface area contributed by atoms with E-state index in [1.807, 2.05) is 30.9 Å². The highest BCUT2D eigenvalue weighted by Gasteiger charge is 2.20. The molecule has 0 bridgehead atoms. The summed E-state index contributed by atoms with van der Waals surface area (Å²) in [6, 6.07) is 8.33. The first-order chi connectivity index (χ1) is 14.8. The molecule has 0 saturated heterocycles. The fraction of sp³-hybridized carbons (Fsp3) is 0.333. The number of benzene rings is 1. The number of aromatic nitrogens is 3. The van der Waals surface area contributed by atoms with E-state index in [-0.39, 0.29) is 0 Å². The summed E-state index contributed by atoms with van der Waals surface area (Å²) < 4.78 is 13.8. The average molecular weight is 420 g/mol. The predicted octanol–water partition coefficient (Wildman–Crippen LogP) is 5.69. The van der Waals surface area contributed by atoms with Crippen molar-refractivity contribution < 1.29 is 9.15 Å². The number of rotatable bonds is 8. The summed E-state index contributed by atoms with van der Waals surface area (Å²) in [5, 5.41) is 2.27. The Bertz CT molecular complexity index is 1080. The molecule has 1 aromatic carbocycles. The van der Waals surface area contributed by atoms with Crippen molar-refractivity contribution in [2.24, 2.45) is 0 Å². The number of aryl methyl sites for hydroxylation is 3. The molecular weight excluding hydrogens is 394 g/mol. The average Bonchev–Trinajstić information content (AvgIpc) is 3.54. The summed E-state index contributed by atoms with van der Waals surface area (Å²) in [6.45, 7) is 1.40. The van der Waals surface area contributed by atoms with Gasteiger partial charge >= 0.3 is 0 Å². The van der Waals surface area contributed by atoms with Gasteiger partial charge in [-0.05, 0) is 72.7 Å². The van der Waals surface area contributed by atoms with Gasteiger partial charge in [0, 0.05) is 18.9 Å². The monoisotopic (exact) mass is 419 g/mol. The fourth-order valence-electron chi connectivity index (χ4n) is 3.97. The van der Waals surface area contributed by atoms with Crippen LogP contribution >= 0.6 is 11.3 Å². The first-order valence-corrected chi connectivity index (χ1v) is 11.4. The van der Waals surface area contributed by atoms with Crippen molar-refractivity contribution >= 4 is 11.3 Å². The van der Waals surface area contributed by atoms with Crippen molar-refractivity contribution in [3.8, 4) is 16.5 Å². The van der Waals surface area contributed by atoms with Crippen LogP contribution in [0.5, 0.6) is 5.75 Å². The van der Waals surface area contributed by atoms with E-state index in [0.29, 0.717) is 6.61 Å². The minimum absolute atomic E-state index is 0.414. The van der Waals surface area contributed by atoms with Gasteiger partial charge in [0.05, 0.1) is 11.2 Å². The molecule has 3 aromatic heterocycles. The third-order valence-electron chi connectivity index (χ3n) is 5.60. The Morgan fingerprint density at radius 2 is 2.03 bits per heavy atom. The maximum absolute atomic E-state index is 5.92. The van der Waals surface area contributed by atoms with E-state index in [4.69, 9.17) is 9.15 Å². The smallest absolute Gasteiger partial charge is 0.236 e. The molecule has 3 heterocycles. The fourth-order valence-corrected chi connectivity index (χ4v) is 5.06. The number of ether oxygens (including phenoxy) is 1. The molecule has 5 nitrogen and oxygen atoms in total. The van der Waals surface area contributed by atoms with Crippen molar-refractivity contribution in [1.29, 1.82) is 0 Å². The molecular formula is C24H25N3O2S. The first kappa shape index (κ1) is 19.1. The lowest BCUT2D eigenvalue weighted by atomic mass is 9.94. The maximum Gasteiger partial charge on any atom is 0.236 e. The van der Waals surface area contributed by atoms with Gasteiger partial charge < -0.3 is 13.7 Å². The highest BCUT2D eigenvalue weighted by atomic mass is 32.1. The van der Waals surface area contributed by atoms with Crippen LogP contribution in [-0.4, -0.2) is 14.5 Å². The number of nitrogens with zero attached hydrogens (tertiary/aromatic N) is 3. The van der Waals surface area contributed by atoms with Gasteiger partial charge in [-0.25, -0.2) is 9.97 Å². The standard InChI is InChI=1S/C24H25N3O2S/c1-2-6-22-19(5-1)16-30-23(22)24-26-20(15-29-24)14-28-21-9-7-18(8-10-21)4-3-12-27-13-11-25-17-27/h7-11,13,15-17H,1-6,12,14H2. The molecule has 4 aromatic rings. The summed E-state index contributed by atoms with van der Waals surface area (Å²) in [5.74, 6) is 1.58. The van der Waals surface area contributed by atoms with E-state index in [2.05, 4.69) is 32.0 Å². The van der Waals surface area contributed by atoms with Crippen molar-refractivity contribution in [1.82, 2.24) is 14.5 Å². The van der Waals surface area contributed by atoms with Crippen LogP contribution in [0.4, 0.5) is 0 Å². The zero-order valence-electron chi connectivity index (χ0n) is 16.9. The molecule has 0 unspecified atom stereocenters. The Hall–Kier alpha value is -2.86. The molecule has 1 aliphatic rings. The lowest BCUT2D eigenvalue weighted by Crippen LogP contribution is -2.00. The van der Waals surface area contributed by atoms with Gasteiger partial charge in [-0.3, -0.25) is 0 Å². The summed E-state index contributed by atoms with van der Waals surface area (Å²) in [6.07, 6.45) is 14.4. The van der Waals surface area contributed by atoms with E-state index < -0.39 is 0 Å². The Labute approximate surface area is 180 Å². The molecule has 6 heteroatoms. The highest BCUT2D eigenvalue weighted by Crippen LogP contribution is 2.36. The molecule has 0 fully saturated rings. The maximum atomic E-state index is 5.92. The van der Waals surface area contributed by atoms with Crippen LogP contribution in [0.3, 0.4) is 0 Å². The summed E-state index contributed by atoms with van der Waals surface area (Å²) >= 11 is 1.75. The van der Waals surface area contributed by atoms with E-state index in [9.17, 15) is 0 Å². The lowest BCUT2D eigenvalue weighted by Gasteiger charge is -2.11. The van der Waals surface area contributed by atoms with Gasteiger partial charge in [0.15, 0.2) is 0 Å². The minimum Gasteiger partial charge on any atom is -0.487 e. The molecule has 0 aliphatic heterocycles. The van der Waals surface area contributed by atoms with Crippen LogP contribution in [0.2, 0.25) is 0 Å². The third-order valence-corrected chi connectivity index (χ3v) is 6.66. The zero-order chi connectivity index (χ0) is 20.2. The summed E-state index contributed by atoms with van der Waals surface area (Å²) in [7, 11) is 0. The Balaban J connectivity index is 1.14. The van der Waals surface area contributed by atoms with Gasteiger partial charge in [-0.15, -0.1) is 11.3 Å². The minimum atomic E-state index is 0.414. The van der Waals surface area contributed by atoms with Crippen LogP contribution in [0.15, 0.2) is 59.0 Å². The predicted molar refractivity (Wildman–Crippen MR) is 118 cm³/mol. The SMILES string of the molecule is c1cn(CCCc2ccc(OCc3coc(-c4scc5c4CCCC5)n3)cc2)cn1. The second-order valence-corrected chi connectivity index (χ2v) is 8.64. The van der Waals surface area contributed by atoms with E-state index >= 15 is 0 Å². The Morgan fingerprint density at radius 3 is 2.90 bits per heavy atom. The number of hydrogen-bond acceptors (Lipinski definition) is 5. The van der Waals surface area contributed by atoms with Gasteiger partial charge in [-0.2, -0.15) is 0 Å². The van der Waals surface area contributed by atoms with Crippen molar-refractivity contribution in [2.45, 2.75) is 51.7 Å². The Kier molecular flexibility index (Phi) is 5.66. The molecule has 0 N–H and O–H groups in total. The number of imidazole rings is 1. The number of fused-ring (bicyclic) bond motifs is 1. The second-order valence-electron chi connectivity index (χ2n) is 7.76. The van der Waals surface area contributed by atoms with Crippen LogP contribution < -0.4 is 4.74 Å². The molecule has 0 saturated carbocycles. The first-order valence-electron chi connectivity index (χ1n) is 10.6. The van der Waals surface area contributed by atoms with E-state index in [1.165, 1.54) is 40.8 Å². The number of oxazole rings is 1. The largest absolute Gasteiger partial charge is 0.487 e. The molecule has 0 amide bonds. The summed E-state index contributed by atoms with van der Waals surface area (Å²) in [4.78, 5) is 9.94. The van der Waals surface area contributed by atoms with Gasteiger partial charge in [0.2, 0.25) is 5.89 Å². The van der Waals surface area contributed by atoms with E-state index in [0.717, 1.165) is 43.1 Å². The van der Waals surface area contributed by atoms with Gasteiger partial charge in [-0.1, -0.05) is 12.1 Å². The molecule has 1 aliphatic carbocycles. The van der Waals surface area contributed by atoms with Gasteiger partial charge in [0.25, 0.3) is 0 Å². The van der Waals surface area contributed by atoms with Crippen molar-refractivity contribution in [3.63, 3.8) is 0 Å². The molecule has 0 atom stereocenters. The van der Waals surface area contributed by atoms with Crippen LogP contribution in [0.1, 0.15) is 41.6 Å². The van der Waals surface area contributed by atoms with Crippen LogP contribution in [-0.2, 0) is 32.4 Å². The van der Waals surface area contributed by atoms with Gasteiger partial charge in [0.1, 0.15) is 24.3 Å². The van der Waals surface area contributed by atoms with Crippen molar-refractivity contribution in [3.05, 3.63) is 77.0 Å². The van der Waals surface area contributed by atoms with E-state index in [1.54, 1.807) is 17.6 Å². The lowest BCUT2D eigenvalue weighted by molar-refractivity contribution is 0.301. The molecule has 0 radical (unpaired) electrons. The summed E-state index contributed by atoms with van der Waals surface area (Å²) in [5.41, 5.74) is 5.05. The Morgan fingerprint density at radius 1 is 1.13 bits per heavy atom.